The van der Waals surface area contributed by atoms with Crippen LogP contribution in [0.1, 0.15) is 37.3 Å². The zero-order valence-electron chi connectivity index (χ0n) is 19.1. The minimum Gasteiger partial charge on any atom is -0.352 e. The molecule has 7 heteroatoms. The zero-order chi connectivity index (χ0) is 23.4. The van der Waals surface area contributed by atoms with Gasteiger partial charge < -0.3 is 9.88 Å². The van der Waals surface area contributed by atoms with Gasteiger partial charge in [0.1, 0.15) is 5.52 Å². The van der Waals surface area contributed by atoms with E-state index in [4.69, 9.17) is 0 Å². The van der Waals surface area contributed by atoms with Crippen LogP contribution in [-0.2, 0) is 17.9 Å². The maximum atomic E-state index is 12.9. The summed E-state index contributed by atoms with van der Waals surface area (Å²) >= 11 is 1.69. The summed E-state index contributed by atoms with van der Waals surface area (Å²) in [7, 11) is 0. The van der Waals surface area contributed by atoms with Gasteiger partial charge in [-0.15, -0.1) is 11.8 Å². The molecule has 1 amide bonds. The summed E-state index contributed by atoms with van der Waals surface area (Å²) in [6, 6.07) is 18.2. The molecule has 0 radical (unpaired) electrons. The summed E-state index contributed by atoms with van der Waals surface area (Å²) in [5.41, 5.74) is 4.38. The Balaban J connectivity index is 1.41. The van der Waals surface area contributed by atoms with Gasteiger partial charge in [-0.3, -0.25) is 9.59 Å². The van der Waals surface area contributed by atoms with Gasteiger partial charge in [-0.25, -0.2) is 4.52 Å². The number of hydrogen-bond donors (Lipinski definition) is 1. The van der Waals surface area contributed by atoms with E-state index in [-0.39, 0.29) is 17.9 Å². The molecule has 33 heavy (non-hydrogen) atoms. The molecule has 0 bridgehead atoms. The number of hydrogen-bond acceptors (Lipinski definition) is 4. The third-order valence-corrected chi connectivity index (χ3v) is 6.45. The number of rotatable bonds is 8. The lowest BCUT2D eigenvalue weighted by Crippen LogP contribution is -2.27. The second kappa shape index (κ2) is 10.1. The Labute approximate surface area is 197 Å². The summed E-state index contributed by atoms with van der Waals surface area (Å²) in [6.07, 6.45) is 5.71. The van der Waals surface area contributed by atoms with E-state index >= 15 is 0 Å². The number of benzene rings is 2. The Morgan fingerprint density at radius 2 is 1.79 bits per heavy atom. The predicted molar refractivity (Wildman–Crippen MR) is 134 cm³/mol. The highest BCUT2D eigenvalue weighted by atomic mass is 32.2. The van der Waals surface area contributed by atoms with E-state index in [1.54, 1.807) is 33.2 Å². The van der Waals surface area contributed by atoms with Crippen molar-refractivity contribution in [2.45, 2.75) is 44.2 Å². The molecule has 2 aromatic carbocycles. The number of thioether (sulfide) groups is 1. The lowest BCUT2D eigenvalue weighted by molar-refractivity contribution is -0.121. The molecule has 2 heterocycles. The van der Waals surface area contributed by atoms with Crippen molar-refractivity contribution in [1.29, 1.82) is 0 Å². The molecule has 1 N–H and O–H groups in total. The Hall–Kier alpha value is -3.32. The molecule has 0 aliphatic heterocycles. The molecule has 0 aliphatic carbocycles. The fraction of sp³-hybridized carbons (Fsp3) is 0.269. The van der Waals surface area contributed by atoms with Crippen LogP contribution in [0, 0.1) is 0 Å². The molecule has 0 atom stereocenters. The van der Waals surface area contributed by atoms with Crippen LogP contribution in [0.4, 0.5) is 0 Å². The molecule has 4 aromatic rings. The number of nitrogens with one attached hydrogen (secondary N) is 1. The number of aromatic nitrogens is 3. The first-order valence-electron chi connectivity index (χ1n) is 11.0. The van der Waals surface area contributed by atoms with E-state index in [0.29, 0.717) is 24.5 Å². The van der Waals surface area contributed by atoms with E-state index in [1.165, 1.54) is 10.5 Å². The Morgan fingerprint density at radius 3 is 2.45 bits per heavy atom. The van der Waals surface area contributed by atoms with Gasteiger partial charge in [0.25, 0.3) is 5.56 Å². The summed E-state index contributed by atoms with van der Waals surface area (Å²) in [6.45, 7) is 5.11. The second-order valence-corrected chi connectivity index (χ2v) is 9.19. The van der Waals surface area contributed by atoms with Crippen LogP contribution < -0.4 is 10.9 Å². The Kier molecular flexibility index (Phi) is 6.99. The van der Waals surface area contributed by atoms with Crippen LogP contribution in [0.15, 0.2) is 76.7 Å². The molecular formula is C26H28N4O2S. The van der Waals surface area contributed by atoms with Crippen LogP contribution in [0.25, 0.3) is 16.8 Å². The van der Waals surface area contributed by atoms with Crippen LogP contribution in [0.2, 0.25) is 0 Å². The SMILES string of the molecule is CSc1ccc(CNC(=O)CCn2ccn3nc(-c4ccc(C(C)C)cc4)cc3c2=O)cc1. The Bertz CT molecular complexity index is 1310. The highest BCUT2D eigenvalue weighted by molar-refractivity contribution is 7.98. The number of amides is 1. The van der Waals surface area contributed by atoms with Gasteiger partial charge in [0, 0.05) is 42.4 Å². The minimum atomic E-state index is -0.157. The van der Waals surface area contributed by atoms with Gasteiger partial charge in [0.05, 0.1) is 5.69 Å². The van der Waals surface area contributed by atoms with Crippen LogP contribution in [-0.4, -0.2) is 26.3 Å². The fourth-order valence-electron chi connectivity index (χ4n) is 3.64. The van der Waals surface area contributed by atoms with Crippen molar-refractivity contribution in [3.63, 3.8) is 0 Å². The van der Waals surface area contributed by atoms with Gasteiger partial charge >= 0.3 is 0 Å². The first-order chi connectivity index (χ1) is 15.9. The normalized spacial score (nSPS) is 11.3. The summed E-state index contributed by atoms with van der Waals surface area (Å²) < 4.78 is 3.17. The molecule has 6 nitrogen and oxygen atoms in total. The minimum absolute atomic E-state index is 0.0878. The quantitative estimate of drug-likeness (QED) is 0.387. The number of nitrogens with zero attached hydrogens (tertiary/aromatic N) is 3. The summed E-state index contributed by atoms with van der Waals surface area (Å²) in [5, 5.41) is 7.48. The molecular weight excluding hydrogens is 432 g/mol. The van der Waals surface area contributed by atoms with Crippen LogP contribution in [0.3, 0.4) is 0 Å². The number of fused-ring (bicyclic) bond motifs is 1. The summed E-state index contributed by atoms with van der Waals surface area (Å²) in [5.74, 6) is 0.375. The third kappa shape index (κ3) is 5.37. The van der Waals surface area contributed by atoms with Crippen LogP contribution in [0.5, 0.6) is 0 Å². The topological polar surface area (TPSA) is 68.4 Å². The van der Waals surface area contributed by atoms with Gasteiger partial charge in [-0.2, -0.15) is 5.10 Å². The lowest BCUT2D eigenvalue weighted by Gasteiger charge is -2.08. The molecule has 0 saturated heterocycles. The number of aryl methyl sites for hydroxylation is 1. The first kappa shape index (κ1) is 22.9. The molecule has 0 saturated carbocycles. The molecule has 0 spiro atoms. The molecule has 0 fully saturated rings. The van der Waals surface area contributed by atoms with E-state index in [1.807, 2.05) is 48.7 Å². The van der Waals surface area contributed by atoms with E-state index in [9.17, 15) is 9.59 Å². The zero-order valence-corrected chi connectivity index (χ0v) is 19.9. The van der Waals surface area contributed by atoms with Crippen LogP contribution >= 0.6 is 11.8 Å². The van der Waals surface area contributed by atoms with Crippen molar-refractivity contribution in [2.24, 2.45) is 0 Å². The maximum absolute atomic E-state index is 12.9. The number of carbonyl (C=O) groups is 1. The predicted octanol–water partition coefficient (Wildman–Crippen LogP) is 4.71. The highest BCUT2D eigenvalue weighted by Crippen LogP contribution is 2.22. The number of carbonyl (C=O) groups excluding carboxylic acids is 1. The standard InChI is InChI=1S/C26H28N4O2S/c1-18(2)20-6-8-21(9-7-20)23-16-24-26(32)29(14-15-30(24)28-23)13-12-25(31)27-17-19-4-10-22(33-3)11-5-19/h4-11,14-16,18H,12-13,17H2,1-3H3,(H,27,31). The van der Waals surface area contributed by atoms with Gasteiger partial charge in [0.2, 0.25) is 5.91 Å². The average molecular weight is 461 g/mol. The fourth-order valence-corrected chi connectivity index (χ4v) is 4.04. The largest absolute Gasteiger partial charge is 0.352 e. The van der Waals surface area contributed by atoms with Gasteiger partial charge in [0.15, 0.2) is 0 Å². The van der Waals surface area contributed by atoms with Gasteiger partial charge in [-0.1, -0.05) is 50.2 Å². The molecule has 0 aliphatic rings. The van der Waals surface area contributed by atoms with Crippen molar-refractivity contribution in [2.75, 3.05) is 6.26 Å². The third-order valence-electron chi connectivity index (χ3n) is 5.71. The van der Waals surface area contributed by atoms with Crippen molar-refractivity contribution < 1.29 is 4.79 Å². The Morgan fingerprint density at radius 1 is 1.06 bits per heavy atom. The van der Waals surface area contributed by atoms with Crippen molar-refractivity contribution in [1.82, 2.24) is 19.5 Å². The molecule has 2 aromatic heterocycles. The highest BCUT2D eigenvalue weighted by Gasteiger charge is 2.11. The monoisotopic (exact) mass is 460 g/mol. The summed E-state index contributed by atoms with van der Waals surface area (Å²) in [4.78, 5) is 26.4. The molecule has 4 rings (SSSR count). The van der Waals surface area contributed by atoms with E-state index in [0.717, 1.165) is 16.8 Å². The molecule has 0 unspecified atom stereocenters. The smallest absolute Gasteiger partial charge is 0.276 e. The lowest BCUT2D eigenvalue weighted by atomic mass is 10.0. The maximum Gasteiger partial charge on any atom is 0.276 e. The van der Waals surface area contributed by atoms with E-state index in [2.05, 4.69) is 36.4 Å². The van der Waals surface area contributed by atoms with Crippen molar-refractivity contribution in [3.05, 3.63) is 88.5 Å². The first-order valence-corrected chi connectivity index (χ1v) is 12.3. The van der Waals surface area contributed by atoms with Gasteiger partial charge in [-0.05, 0) is 41.5 Å². The molecule has 170 valence electrons. The van der Waals surface area contributed by atoms with E-state index < -0.39 is 0 Å². The average Bonchev–Trinajstić information content (AvgIpc) is 3.28. The van der Waals surface area contributed by atoms with Crippen molar-refractivity contribution >= 4 is 23.2 Å². The second-order valence-electron chi connectivity index (χ2n) is 8.31. The van der Waals surface area contributed by atoms with Crippen molar-refractivity contribution in [3.8, 4) is 11.3 Å².